The molecule has 3 aromatic rings. The minimum absolute atomic E-state index is 0.0197. The number of aromatic nitrogens is 6. The molecule has 1 saturated heterocycles. The van der Waals surface area contributed by atoms with Crippen LogP contribution in [-0.2, 0) is 17.9 Å². The third-order valence-corrected chi connectivity index (χ3v) is 4.99. The predicted molar refractivity (Wildman–Crippen MR) is 99.7 cm³/mol. The van der Waals surface area contributed by atoms with E-state index < -0.39 is 0 Å². The van der Waals surface area contributed by atoms with Crippen molar-refractivity contribution in [1.29, 1.82) is 0 Å². The fraction of sp³-hybridized carbons (Fsp3) is 0.421. The molecule has 4 rings (SSSR count). The number of carbonyl (C=O) groups excluding carboxylic acids is 1. The Balaban J connectivity index is 1.42. The maximum Gasteiger partial charge on any atom is 0.246 e. The van der Waals surface area contributed by atoms with Crippen LogP contribution in [0.25, 0.3) is 11.4 Å². The minimum Gasteiger partial charge on any atom is -0.340 e. The van der Waals surface area contributed by atoms with Crippen LogP contribution in [0.15, 0.2) is 42.7 Å². The zero-order valence-corrected chi connectivity index (χ0v) is 15.4. The Morgan fingerprint density at radius 1 is 1.26 bits per heavy atom. The molecular formula is C19H23N7O. The van der Waals surface area contributed by atoms with Crippen LogP contribution in [-0.4, -0.2) is 53.7 Å². The molecule has 3 heterocycles. The van der Waals surface area contributed by atoms with Gasteiger partial charge in [0.2, 0.25) is 11.7 Å². The maximum atomic E-state index is 12.8. The molecule has 0 N–H and O–H groups in total. The second kappa shape index (κ2) is 7.69. The van der Waals surface area contributed by atoms with Crippen molar-refractivity contribution in [3.63, 3.8) is 0 Å². The van der Waals surface area contributed by atoms with Crippen molar-refractivity contribution in [3.8, 4) is 11.4 Å². The number of benzene rings is 1. The minimum atomic E-state index is 0.0197. The fourth-order valence-corrected chi connectivity index (χ4v) is 3.60. The highest BCUT2D eigenvalue weighted by molar-refractivity contribution is 5.76. The lowest BCUT2D eigenvalue weighted by atomic mass is 9.97. The third kappa shape index (κ3) is 3.74. The first-order valence-electron chi connectivity index (χ1n) is 9.36. The molecule has 0 saturated carbocycles. The van der Waals surface area contributed by atoms with Crippen molar-refractivity contribution in [1.82, 2.24) is 34.7 Å². The number of aryl methyl sites for hydroxylation is 1. The SMILES string of the molecule is CCn1ccnc1[C@@H]1CCCN(C(=O)Cn2nnc(-c3ccccc3)n2)C1. The number of carbonyl (C=O) groups is 1. The first-order chi connectivity index (χ1) is 13.2. The summed E-state index contributed by atoms with van der Waals surface area (Å²) in [5.74, 6) is 1.90. The monoisotopic (exact) mass is 365 g/mol. The number of tetrazole rings is 1. The highest BCUT2D eigenvalue weighted by Crippen LogP contribution is 2.26. The molecular weight excluding hydrogens is 342 g/mol. The van der Waals surface area contributed by atoms with Gasteiger partial charge < -0.3 is 9.47 Å². The van der Waals surface area contributed by atoms with E-state index in [1.165, 1.54) is 4.80 Å². The van der Waals surface area contributed by atoms with Crippen LogP contribution in [0.3, 0.4) is 0 Å². The molecule has 27 heavy (non-hydrogen) atoms. The summed E-state index contributed by atoms with van der Waals surface area (Å²) in [4.78, 5) is 20.5. The quantitative estimate of drug-likeness (QED) is 0.690. The molecule has 8 heteroatoms. The molecule has 1 aromatic carbocycles. The van der Waals surface area contributed by atoms with Gasteiger partial charge in [-0.1, -0.05) is 30.3 Å². The van der Waals surface area contributed by atoms with Crippen molar-refractivity contribution < 1.29 is 4.79 Å². The lowest BCUT2D eigenvalue weighted by Crippen LogP contribution is -2.41. The van der Waals surface area contributed by atoms with E-state index in [0.717, 1.165) is 37.3 Å². The first-order valence-corrected chi connectivity index (χ1v) is 9.36. The van der Waals surface area contributed by atoms with Crippen LogP contribution in [0.5, 0.6) is 0 Å². The molecule has 8 nitrogen and oxygen atoms in total. The Hall–Kier alpha value is -3.03. The molecule has 140 valence electrons. The fourth-order valence-electron chi connectivity index (χ4n) is 3.60. The summed E-state index contributed by atoms with van der Waals surface area (Å²) >= 11 is 0. The van der Waals surface area contributed by atoms with E-state index in [2.05, 4.69) is 31.9 Å². The van der Waals surface area contributed by atoms with E-state index in [-0.39, 0.29) is 18.4 Å². The number of likely N-dealkylation sites (tertiary alicyclic amines) is 1. The summed E-state index contributed by atoms with van der Waals surface area (Å²) in [6.45, 7) is 4.57. The number of amides is 1. The van der Waals surface area contributed by atoms with Crippen LogP contribution in [0.1, 0.15) is 31.5 Å². The zero-order valence-electron chi connectivity index (χ0n) is 15.4. The second-order valence-electron chi connectivity index (χ2n) is 6.76. The van der Waals surface area contributed by atoms with Gasteiger partial charge in [-0.2, -0.15) is 4.80 Å². The normalized spacial score (nSPS) is 17.2. The van der Waals surface area contributed by atoms with Gasteiger partial charge in [0.1, 0.15) is 12.4 Å². The van der Waals surface area contributed by atoms with Gasteiger partial charge in [0, 0.05) is 43.5 Å². The van der Waals surface area contributed by atoms with Gasteiger partial charge in [-0.05, 0) is 25.0 Å². The van der Waals surface area contributed by atoms with E-state index in [9.17, 15) is 4.79 Å². The van der Waals surface area contributed by atoms with Crippen molar-refractivity contribution >= 4 is 5.91 Å². The average molecular weight is 365 g/mol. The smallest absolute Gasteiger partial charge is 0.246 e. The number of nitrogens with zero attached hydrogens (tertiary/aromatic N) is 7. The molecule has 1 amide bonds. The molecule has 2 aromatic heterocycles. The van der Waals surface area contributed by atoms with Gasteiger partial charge in [0.05, 0.1) is 0 Å². The van der Waals surface area contributed by atoms with Crippen LogP contribution in [0, 0.1) is 0 Å². The van der Waals surface area contributed by atoms with Crippen LogP contribution in [0.2, 0.25) is 0 Å². The van der Waals surface area contributed by atoms with Crippen molar-refractivity contribution in [2.24, 2.45) is 0 Å². The summed E-state index contributed by atoms with van der Waals surface area (Å²) in [5, 5.41) is 12.4. The molecule has 1 atom stereocenters. The number of hydrogen-bond donors (Lipinski definition) is 0. The van der Waals surface area contributed by atoms with E-state index in [1.54, 1.807) is 0 Å². The van der Waals surface area contributed by atoms with E-state index in [1.807, 2.05) is 47.6 Å². The van der Waals surface area contributed by atoms with Gasteiger partial charge in [-0.25, -0.2) is 4.98 Å². The molecule has 0 unspecified atom stereocenters. The second-order valence-corrected chi connectivity index (χ2v) is 6.76. The Kier molecular flexibility index (Phi) is 4.95. The average Bonchev–Trinajstić information content (AvgIpc) is 3.38. The van der Waals surface area contributed by atoms with Crippen LogP contribution >= 0.6 is 0 Å². The summed E-state index contributed by atoms with van der Waals surface area (Å²) in [5.41, 5.74) is 0.889. The van der Waals surface area contributed by atoms with Gasteiger partial charge in [-0.15, -0.1) is 10.2 Å². The Bertz CT molecular complexity index is 902. The highest BCUT2D eigenvalue weighted by atomic mass is 16.2. The molecule has 0 bridgehead atoms. The summed E-state index contributed by atoms with van der Waals surface area (Å²) in [6, 6.07) is 9.64. The van der Waals surface area contributed by atoms with Crippen molar-refractivity contribution in [2.75, 3.05) is 13.1 Å². The van der Waals surface area contributed by atoms with Gasteiger partial charge >= 0.3 is 0 Å². The number of imidazole rings is 1. The lowest BCUT2D eigenvalue weighted by Gasteiger charge is -2.32. The van der Waals surface area contributed by atoms with E-state index >= 15 is 0 Å². The summed E-state index contributed by atoms with van der Waals surface area (Å²) in [6.07, 6.45) is 5.87. The number of piperidine rings is 1. The summed E-state index contributed by atoms with van der Waals surface area (Å²) < 4.78 is 2.16. The lowest BCUT2D eigenvalue weighted by molar-refractivity contribution is -0.133. The van der Waals surface area contributed by atoms with Gasteiger partial charge in [0.15, 0.2) is 0 Å². The highest BCUT2D eigenvalue weighted by Gasteiger charge is 2.27. The molecule has 0 spiro atoms. The maximum absolute atomic E-state index is 12.8. The van der Waals surface area contributed by atoms with E-state index in [4.69, 9.17) is 0 Å². The van der Waals surface area contributed by atoms with Crippen molar-refractivity contribution in [3.05, 3.63) is 48.5 Å². The predicted octanol–water partition coefficient (Wildman–Crippen LogP) is 1.96. The molecule has 1 fully saturated rings. The van der Waals surface area contributed by atoms with Crippen LogP contribution in [0.4, 0.5) is 0 Å². The Morgan fingerprint density at radius 2 is 2.11 bits per heavy atom. The van der Waals surface area contributed by atoms with Gasteiger partial charge in [0.25, 0.3) is 0 Å². The summed E-state index contributed by atoms with van der Waals surface area (Å²) in [7, 11) is 0. The van der Waals surface area contributed by atoms with Crippen molar-refractivity contribution in [2.45, 2.75) is 38.8 Å². The third-order valence-electron chi connectivity index (χ3n) is 4.99. The van der Waals surface area contributed by atoms with E-state index in [0.29, 0.717) is 12.4 Å². The van der Waals surface area contributed by atoms with Crippen LogP contribution < -0.4 is 0 Å². The molecule has 1 aliphatic rings. The molecule has 1 aliphatic heterocycles. The van der Waals surface area contributed by atoms with Gasteiger partial charge in [-0.3, -0.25) is 4.79 Å². The zero-order chi connectivity index (χ0) is 18.6. The topological polar surface area (TPSA) is 81.7 Å². The Labute approximate surface area is 157 Å². The Morgan fingerprint density at radius 3 is 2.93 bits per heavy atom. The number of hydrogen-bond acceptors (Lipinski definition) is 5. The first kappa shape index (κ1) is 17.4. The largest absolute Gasteiger partial charge is 0.340 e. The number of rotatable bonds is 5. The molecule has 0 aliphatic carbocycles. The standard InChI is InChI=1S/C19H23N7O/c1-2-24-12-10-20-19(24)16-9-6-11-25(13-16)17(27)14-26-22-18(21-23-26)15-7-4-3-5-8-15/h3-5,7-8,10,12,16H,2,6,9,11,13-14H2,1H3/t16-/m1/s1. The molecule has 0 radical (unpaired) electrons.